The molecule has 1 amide bonds. The zero-order valence-corrected chi connectivity index (χ0v) is 16.8. The maximum Gasteiger partial charge on any atom is 0.252 e. The van der Waals surface area contributed by atoms with E-state index in [0.717, 1.165) is 47.9 Å². The molecule has 1 aliphatic heterocycles. The highest BCUT2D eigenvalue weighted by molar-refractivity contribution is 7.18. The Balaban J connectivity index is 1.76. The molecule has 4 rings (SSSR count). The first kappa shape index (κ1) is 18.8. The van der Waals surface area contributed by atoms with Crippen molar-refractivity contribution in [1.82, 2.24) is 9.97 Å². The molecule has 0 unspecified atom stereocenters. The quantitative estimate of drug-likeness (QED) is 0.680. The molecule has 3 N–H and O–H groups in total. The molecule has 1 fully saturated rings. The van der Waals surface area contributed by atoms with E-state index in [-0.39, 0.29) is 0 Å². The van der Waals surface area contributed by atoms with Crippen LogP contribution in [0, 0.1) is 13.8 Å². The van der Waals surface area contributed by atoms with Gasteiger partial charge in [0.1, 0.15) is 30.2 Å². The molecule has 7 nitrogen and oxygen atoms in total. The number of fused-ring (bicyclic) bond motifs is 1. The first-order valence-corrected chi connectivity index (χ1v) is 10.1. The summed E-state index contributed by atoms with van der Waals surface area (Å²) in [5, 5.41) is 0.891. The van der Waals surface area contributed by atoms with Gasteiger partial charge in [0.05, 0.1) is 24.2 Å². The number of aryl methyl sites for hydroxylation is 2. The second-order valence-corrected chi connectivity index (χ2v) is 8.11. The molecule has 2 aromatic heterocycles. The van der Waals surface area contributed by atoms with Crippen LogP contribution in [-0.2, 0) is 11.3 Å². The zero-order chi connectivity index (χ0) is 19.7. The molecule has 146 valence electrons. The van der Waals surface area contributed by atoms with Gasteiger partial charge < -0.3 is 20.1 Å². The number of thiophene rings is 1. The van der Waals surface area contributed by atoms with Crippen LogP contribution in [0.3, 0.4) is 0 Å². The van der Waals surface area contributed by atoms with E-state index < -0.39 is 5.91 Å². The number of rotatable bonds is 5. The third-order valence-electron chi connectivity index (χ3n) is 5.01. The van der Waals surface area contributed by atoms with Gasteiger partial charge in [0.25, 0.3) is 5.91 Å². The standard InChI is InChI=1S/C20H22N4O3S/c1-12-13(2)28-20-17(12)19(27-15-6-4-3-5-14(15)18(21)25)22-16(23-20)11-24-7-9-26-10-8-24/h3-6H,7-11H2,1-2H3,(H2,21,25)/p+1. The lowest BCUT2D eigenvalue weighted by Crippen LogP contribution is -3.12. The summed E-state index contributed by atoms with van der Waals surface area (Å²) in [5.41, 5.74) is 6.93. The predicted molar refractivity (Wildman–Crippen MR) is 107 cm³/mol. The molecule has 0 radical (unpaired) electrons. The van der Waals surface area contributed by atoms with E-state index in [1.165, 1.54) is 9.78 Å². The van der Waals surface area contributed by atoms with Gasteiger partial charge in [-0.2, -0.15) is 4.98 Å². The minimum atomic E-state index is -0.530. The Kier molecular flexibility index (Phi) is 5.25. The molecule has 1 saturated heterocycles. The van der Waals surface area contributed by atoms with E-state index in [4.69, 9.17) is 25.2 Å². The molecule has 1 aliphatic rings. The number of ether oxygens (including phenoxy) is 2. The largest absolute Gasteiger partial charge is 0.437 e. The third kappa shape index (κ3) is 3.71. The van der Waals surface area contributed by atoms with Crippen LogP contribution in [0.5, 0.6) is 11.6 Å². The van der Waals surface area contributed by atoms with Crippen molar-refractivity contribution in [3.05, 3.63) is 46.1 Å². The lowest BCUT2D eigenvalue weighted by Gasteiger charge is -2.23. The molecule has 0 atom stereocenters. The van der Waals surface area contributed by atoms with E-state index in [2.05, 4.69) is 6.92 Å². The van der Waals surface area contributed by atoms with Crippen LogP contribution in [0.25, 0.3) is 10.2 Å². The van der Waals surface area contributed by atoms with E-state index in [1.807, 2.05) is 13.0 Å². The Morgan fingerprint density at radius 3 is 2.75 bits per heavy atom. The molecule has 0 bridgehead atoms. The molecule has 28 heavy (non-hydrogen) atoms. The topological polar surface area (TPSA) is 91.8 Å². The van der Waals surface area contributed by atoms with Crippen LogP contribution in [0.15, 0.2) is 24.3 Å². The van der Waals surface area contributed by atoms with Crippen molar-refractivity contribution < 1.29 is 19.2 Å². The average Bonchev–Trinajstić information content (AvgIpc) is 2.97. The molecule has 8 heteroatoms. The summed E-state index contributed by atoms with van der Waals surface area (Å²) >= 11 is 1.63. The van der Waals surface area contributed by atoms with Crippen molar-refractivity contribution in [2.75, 3.05) is 26.3 Å². The zero-order valence-electron chi connectivity index (χ0n) is 15.9. The fourth-order valence-electron chi connectivity index (χ4n) is 3.33. The van der Waals surface area contributed by atoms with Crippen LogP contribution in [0.2, 0.25) is 0 Å². The predicted octanol–water partition coefficient (Wildman–Crippen LogP) is 1.61. The van der Waals surface area contributed by atoms with Gasteiger partial charge in [0.15, 0.2) is 5.82 Å². The van der Waals surface area contributed by atoms with Gasteiger partial charge in [-0.1, -0.05) is 12.1 Å². The summed E-state index contributed by atoms with van der Waals surface area (Å²) in [5.74, 6) is 1.08. The normalized spacial score (nSPS) is 15.1. The summed E-state index contributed by atoms with van der Waals surface area (Å²) in [4.78, 5) is 24.7. The van der Waals surface area contributed by atoms with Crippen molar-refractivity contribution in [2.24, 2.45) is 5.73 Å². The number of morpholine rings is 1. The van der Waals surface area contributed by atoms with E-state index in [9.17, 15) is 4.79 Å². The first-order valence-electron chi connectivity index (χ1n) is 9.27. The molecule has 1 aromatic carbocycles. The highest BCUT2D eigenvalue weighted by atomic mass is 32.1. The minimum absolute atomic E-state index is 0.333. The average molecular weight is 399 g/mol. The number of quaternary nitrogens is 1. The van der Waals surface area contributed by atoms with Gasteiger partial charge in [-0.25, -0.2) is 4.98 Å². The number of para-hydroxylation sites is 1. The minimum Gasteiger partial charge on any atom is -0.437 e. The van der Waals surface area contributed by atoms with Crippen molar-refractivity contribution in [2.45, 2.75) is 20.4 Å². The molecular weight excluding hydrogens is 376 g/mol. The lowest BCUT2D eigenvalue weighted by molar-refractivity contribution is -0.922. The Bertz CT molecular complexity index is 1030. The second-order valence-electron chi connectivity index (χ2n) is 6.91. The summed E-state index contributed by atoms with van der Waals surface area (Å²) in [7, 11) is 0. The van der Waals surface area contributed by atoms with Crippen molar-refractivity contribution in [1.29, 1.82) is 0 Å². The number of nitrogens with two attached hydrogens (primary N) is 1. The number of benzene rings is 1. The number of primary amides is 1. The number of hydrogen-bond acceptors (Lipinski definition) is 6. The SMILES string of the molecule is Cc1sc2nc(C[NH+]3CCOCC3)nc(Oc3ccccc3C(N)=O)c2c1C. The molecular formula is C20H23N4O3S+. The smallest absolute Gasteiger partial charge is 0.252 e. The molecule has 3 aromatic rings. The van der Waals surface area contributed by atoms with Gasteiger partial charge in [0.2, 0.25) is 5.88 Å². The highest BCUT2D eigenvalue weighted by Gasteiger charge is 2.21. The third-order valence-corrected chi connectivity index (χ3v) is 6.11. The number of aromatic nitrogens is 2. The number of hydrogen-bond donors (Lipinski definition) is 2. The number of nitrogens with one attached hydrogen (secondary N) is 1. The molecule has 0 saturated carbocycles. The van der Waals surface area contributed by atoms with Gasteiger partial charge in [-0.15, -0.1) is 11.3 Å². The summed E-state index contributed by atoms with van der Waals surface area (Å²) in [6.45, 7) is 8.19. The van der Waals surface area contributed by atoms with Crippen molar-refractivity contribution >= 4 is 27.5 Å². The monoisotopic (exact) mass is 399 g/mol. The fourth-order valence-corrected chi connectivity index (χ4v) is 4.37. The van der Waals surface area contributed by atoms with Gasteiger partial charge in [0, 0.05) is 4.88 Å². The maximum absolute atomic E-state index is 11.8. The summed E-state index contributed by atoms with van der Waals surface area (Å²) < 4.78 is 11.6. The number of carbonyl (C=O) groups excluding carboxylic acids is 1. The van der Waals surface area contributed by atoms with Crippen molar-refractivity contribution in [3.8, 4) is 11.6 Å². The molecule has 3 heterocycles. The van der Waals surface area contributed by atoms with E-state index >= 15 is 0 Å². The fraction of sp³-hybridized carbons (Fsp3) is 0.350. The number of nitrogens with zero attached hydrogens (tertiary/aromatic N) is 2. The second kappa shape index (κ2) is 7.83. The molecule has 0 aliphatic carbocycles. The van der Waals surface area contributed by atoms with Gasteiger partial charge >= 0.3 is 0 Å². The Labute approximate surface area is 167 Å². The lowest BCUT2D eigenvalue weighted by atomic mass is 10.2. The van der Waals surface area contributed by atoms with Crippen molar-refractivity contribution in [3.63, 3.8) is 0 Å². The highest BCUT2D eigenvalue weighted by Crippen LogP contribution is 2.37. The Morgan fingerprint density at radius 2 is 2.00 bits per heavy atom. The van der Waals surface area contributed by atoms with E-state index in [0.29, 0.717) is 23.7 Å². The van der Waals surface area contributed by atoms with E-state index in [1.54, 1.807) is 29.5 Å². The van der Waals surface area contributed by atoms with Crippen LogP contribution in [0.4, 0.5) is 0 Å². The van der Waals surface area contributed by atoms with Crippen LogP contribution in [-0.4, -0.2) is 42.2 Å². The van der Waals surface area contributed by atoms with Crippen LogP contribution in [0.1, 0.15) is 26.6 Å². The summed E-state index contributed by atoms with van der Waals surface area (Å²) in [6.07, 6.45) is 0. The summed E-state index contributed by atoms with van der Waals surface area (Å²) in [6, 6.07) is 6.95. The van der Waals surface area contributed by atoms with Gasteiger partial charge in [-0.3, -0.25) is 4.79 Å². The maximum atomic E-state index is 11.8. The van der Waals surface area contributed by atoms with Crippen LogP contribution < -0.4 is 15.4 Å². The first-order chi connectivity index (χ1) is 13.5. The Morgan fingerprint density at radius 1 is 1.25 bits per heavy atom. The molecule has 0 spiro atoms. The van der Waals surface area contributed by atoms with Gasteiger partial charge in [-0.05, 0) is 31.5 Å². The number of amides is 1. The van der Waals surface area contributed by atoms with Crippen LogP contribution >= 0.6 is 11.3 Å². The number of carbonyl (C=O) groups is 1. The Hall–Kier alpha value is -2.55.